The first kappa shape index (κ1) is 36.7. The van der Waals surface area contributed by atoms with E-state index in [2.05, 4.69) is 84.9 Å². The molecule has 2 N–H and O–H groups in total. The van der Waals surface area contributed by atoms with Crippen molar-refractivity contribution in [3.8, 4) is 0 Å². The minimum absolute atomic E-state index is 0.429. The predicted octanol–water partition coefficient (Wildman–Crippen LogP) is 10.6. The monoisotopic (exact) mass is 564 g/mol. The van der Waals surface area contributed by atoms with Gasteiger partial charge in [0.15, 0.2) is 0 Å². The largest absolute Gasteiger partial charge is 0.498 e. The average Bonchev–Trinajstić information content (AvgIpc) is 2.90. The second kappa shape index (κ2) is 20.5. The second-order valence-electron chi connectivity index (χ2n) is 12.3. The molecule has 0 heterocycles. The summed E-state index contributed by atoms with van der Waals surface area (Å²) in [5.41, 5.74) is 10.3. The van der Waals surface area contributed by atoms with Crippen molar-refractivity contribution in [2.75, 3.05) is 7.11 Å². The Morgan fingerprint density at radius 3 is 1.37 bits per heavy atom. The van der Waals surface area contributed by atoms with Crippen LogP contribution in [0.2, 0.25) is 0 Å². The highest BCUT2D eigenvalue weighted by Gasteiger charge is 2.26. The number of rotatable bonds is 18. The highest BCUT2D eigenvalue weighted by molar-refractivity contribution is 5.36. The predicted molar refractivity (Wildman–Crippen MR) is 179 cm³/mol. The molecule has 230 valence electrons. The zero-order chi connectivity index (χ0) is 30.8. The minimum Gasteiger partial charge on any atom is -0.498 e. The Morgan fingerprint density at radius 2 is 1.00 bits per heavy atom. The number of aliphatic hydroxyl groups excluding tert-OH is 2. The Labute approximate surface area is 252 Å². The molecule has 2 unspecified atom stereocenters. The van der Waals surface area contributed by atoms with Crippen LogP contribution in [0.25, 0.3) is 0 Å². The van der Waals surface area contributed by atoms with Gasteiger partial charge in [-0.3, -0.25) is 0 Å². The van der Waals surface area contributed by atoms with Crippen molar-refractivity contribution < 1.29 is 14.9 Å². The second-order valence-corrected chi connectivity index (χ2v) is 12.3. The summed E-state index contributed by atoms with van der Waals surface area (Å²) in [6, 6.07) is 0. The van der Waals surface area contributed by atoms with Crippen LogP contribution in [0.4, 0.5) is 0 Å². The summed E-state index contributed by atoms with van der Waals surface area (Å²) < 4.78 is 5.24. The van der Waals surface area contributed by atoms with Crippen molar-refractivity contribution in [1.29, 1.82) is 0 Å². The Hall–Kier alpha value is -2.36. The molecule has 1 aliphatic rings. The molecule has 2 atom stereocenters. The van der Waals surface area contributed by atoms with Gasteiger partial charge in [0.2, 0.25) is 0 Å². The molecule has 0 aliphatic heterocycles. The maximum absolute atomic E-state index is 10.5. The number of ether oxygens (including phenoxy) is 1. The first-order chi connectivity index (χ1) is 19.4. The van der Waals surface area contributed by atoms with E-state index >= 15 is 0 Å². The van der Waals surface area contributed by atoms with E-state index in [1.54, 1.807) is 6.08 Å². The summed E-state index contributed by atoms with van der Waals surface area (Å²) in [6.07, 6.45) is 26.0. The van der Waals surface area contributed by atoms with Crippen LogP contribution in [0.5, 0.6) is 0 Å². The standard InChI is InChI=1S/C38H60O3/c1-28(2)15-10-16-29(3)17-11-18-30(4)19-12-20-31(5)21-13-22-32(6)23-14-24-33(7)25-26-35-34(8)36(39)27-37(41-9)38(35)40/h15,17,19,21,23,25,27,36,38-40H,10-14,16,18,20,22,24,26H2,1-9H3/b29-17+,30-19+,31-21+,32-23+,33-25+. The molecule has 0 radical (unpaired) electrons. The lowest BCUT2D eigenvalue weighted by molar-refractivity contribution is 0.133. The summed E-state index contributed by atoms with van der Waals surface area (Å²) in [4.78, 5) is 0. The Balaban J connectivity index is 2.34. The lowest BCUT2D eigenvalue weighted by Crippen LogP contribution is -2.26. The molecule has 0 amide bonds. The summed E-state index contributed by atoms with van der Waals surface area (Å²) in [7, 11) is 1.53. The topological polar surface area (TPSA) is 49.7 Å². The van der Waals surface area contributed by atoms with E-state index in [1.807, 2.05) is 6.92 Å². The maximum Gasteiger partial charge on any atom is 0.132 e. The first-order valence-corrected chi connectivity index (χ1v) is 15.7. The molecule has 0 bridgehead atoms. The molecule has 1 rings (SSSR count). The molecule has 0 aromatic carbocycles. The van der Waals surface area contributed by atoms with Crippen LogP contribution < -0.4 is 0 Å². The van der Waals surface area contributed by atoms with E-state index in [1.165, 1.54) is 47.0 Å². The van der Waals surface area contributed by atoms with Gasteiger partial charge in [0.25, 0.3) is 0 Å². The fraction of sp³-hybridized carbons (Fsp3) is 0.579. The van der Waals surface area contributed by atoms with Crippen molar-refractivity contribution in [3.63, 3.8) is 0 Å². The Kier molecular flexibility index (Phi) is 18.3. The zero-order valence-electron chi connectivity index (χ0n) is 27.8. The minimum atomic E-state index is -0.773. The molecule has 1 aliphatic carbocycles. The molecule has 0 aromatic rings. The number of hydrogen-bond donors (Lipinski definition) is 2. The van der Waals surface area contributed by atoms with Gasteiger partial charge in [0.05, 0.1) is 13.2 Å². The third-order valence-corrected chi connectivity index (χ3v) is 8.00. The molecule has 0 aromatic heterocycles. The highest BCUT2D eigenvalue weighted by Crippen LogP contribution is 2.29. The first-order valence-electron chi connectivity index (χ1n) is 15.7. The van der Waals surface area contributed by atoms with E-state index in [4.69, 9.17) is 4.74 Å². The number of methoxy groups -OCH3 is 1. The van der Waals surface area contributed by atoms with E-state index < -0.39 is 12.2 Å². The van der Waals surface area contributed by atoms with Crippen molar-refractivity contribution in [2.45, 2.75) is 138 Å². The van der Waals surface area contributed by atoms with Crippen LogP contribution in [-0.4, -0.2) is 29.5 Å². The van der Waals surface area contributed by atoms with Crippen molar-refractivity contribution in [2.24, 2.45) is 0 Å². The molecule has 41 heavy (non-hydrogen) atoms. The quantitative estimate of drug-likeness (QED) is 0.163. The van der Waals surface area contributed by atoms with Gasteiger partial charge < -0.3 is 14.9 Å². The zero-order valence-corrected chi connectivity index (χ0v) is 27.8. The van der Waals surface area contributed by atoms with Crippen LogP contribution in [-0.2, 0) is 4.74 Å². The van der Waals surface area contributed by atoms with Crippen molar-refractivity contribution >= 4 is 0 Å². The van der Waals surface area contributed by atoms with Crippen molar-refractivity contribution in [1.82, 2.24) is 0 Å². The summed E-state index contributed by atoms with van der Waals surface area (Å²) in [5.74, 6) is 0.429. The Morgan fingerprint density at radius 1 is 0.634 bits per heavy atom. The maximum atomic E-state index is 10.5. The molecule has 0 saturated heterocycles. The van der Waals surface area contributed by atoms with Gasteiger partial charge in [-0.05, 0) is 143 Å². The smallest absolute Gasteiger partial charge is 0.132 e. The molecule has 0 fully saturated rings. The van der Waals surface area contributed by atoms with Gasteiger partial charge in [-0.1, -0.05) is 69.9 Å². The van der Waals surface area contributed by atoms with Gasteiger partial charge in [0.1, 0.15) is 11.9 Å². The van der Waals surface area contributed by atoms with Gasteiger partial charge in [-0.2, -0.15) is 0 Å². The highest BCUT2D eigenvalue weighted by atomic mass is 16.5. The molecular formula is C38H60O3. The molecule has 3 nitrogen and oxygen atoms in total. The van der Waals surface area contributed by atoms with Crippen LogP contribution in [0, 0.1) is 0 Å². The van der Waals surface area contributed by atoms with E-state index in [0.717, 1.165) is 68.9 Å². The summed E-state index contributed by atoms with van der Waals surface area (Å²) in [6.45, 7) is 17.4. The van der Waals surface area contributed by atoms with Gasteiger partial charge >= 0.3 is 0 Å². The van der Waals surface area contributed by atoms with E-state index in [9.17, 15) is 10.2 Å². The SMILES string of the molecule is COC1=CC(O)C(C)=C(C/C=C(\C)CC/C=C(\C)CC/C=C(\C)CC/C=C(\C)CC/C=C(\C)CCC=C(C)C)C1O. The summed E-state index contributed by atoms with van der Waals surface area (Å²) >= 11 is 0. The van der Waals surface area contributed by atoms with Crippen LogP contribution in [0.3, 0.4) is 0 Å². The van der Waals surface area contributed by atoms with E-state index in [-0.39, 0.29) is 0 Å². The van der Waals surface area contributed by atoms with Gasteiger partial charge in [0, 0.05) is 0 Å². The molecule has 0 saturated carbocycles. The van der Waals surface area contributed by atoms with Crippen LogP contribution in [0.15, 0.2) is 92.9 Å². The van der Waals surface area contributed by atoms with Crippen molar-refractivity contribution in [3.05, 3.63) is 92.9 Å². The Bertz CT molecular complexity index is 1050. The number of allylic oxidation sites excluding steroid dienone is 12. The normalized spacial score (nSPS) is 19.5. The average molecular weight is 565 g/mol. The summed E-state index contributed by atoms with van der Waals surface area (Å²) in [5, 5.41) is 20.8. The number of hydrogen-bond acceptors (Lipinski definition) is 3. The fourth-order valence-electron chi connectivity index (χ4n) is 4.97. The molecule has 3 heteroatoms. The lowest BCUT2D eigenvalue weighted by atomic mass is 9.89. The van der Waals surface area contributed by atoms with Crippen LogP contribution in [0.1, 0.15) is 126 Å². The third kappa shape index (κ3) is 16.0. The fourth-order valence-corrected chi connectivity index (χ4v) is 4.97. The number of aliphatic hydroxyl groups is 2. The van der Waals surface area contributed by atoms with Gasteiger partial charge in [-0.25, -0.2) is 0 Å². The van der Waals surface area contributed by atoms with Gasteiger partial charge in [-0.15, -0.1) is 0 Å². The van der Waals surface area contributed by atoms with E-state index in [0.29, 0.717) is 12.2 Å². The molecular weight excluding hydrogens is 504 g/mol. The molecule has 0 spiro atoms. The lowest BCUT2D eigenvalue weighted by Gasteiger charge is -2.26. The third-order valence-electron chi connectivity index (χ3n) is 8.00. The van der Waals surface area contributed by atoms with Crippen LogP contribution >= 0.6 is 0 Å².